The van der Waals surface area contributed by atoms with Gasteiger partial charge in [-0.3, -0.25) is 4.79 Å². The Kier molecular flexibility index (Phi) is 9.10. The summed E-state index contributed by atoms with van der Waals surface area (Å²) in [7, 11) is -0.674. The van der Waals surface area contributed by atoms with Crippen molar-refractivity contribution in [3.05, 3.63) is 108 Å². The lowest BCUT2D eigenvalue weighted by atomic mass is 9.68. The number of hydrogen-bond donors (Lipinski definition) is 1. The number of carbonyl (C=O) groups excluding carboxylic acids is 2. The number of rotatable bonds is 10. The molecule has 0 saturated heterocycles. The molecule has 0 aliphatic carbocycles. The second-order valence-electron chi connectivity index (χ2n) is 10.8. The van der Waals surface area contributed by atoms with Crippen molar-refractivity contribution in [1.29, 1.82) is 0 Å². The maximum Gasteiger partial charge on any atom is 0.328 e. The largest absolute Gasteiger partial charge is 0.467 e. The number of carbonyl (C=O) groups is 2. The summed E-state index contributed by atoms with van der Waals surface area (Å²) in [6.07, 6.45) is 0.319. The van der Waals surface area contributed by atoms with Crippen molar-refractivity contribution in [2.45, 2.75) is 56.8 Å². The zero-order chi connectivity index (χ0) is 27.1. The molecule has 1 atom stereocenters. The van der Waals surface area contributed by atoms with Crippen LogP contribution >= 0.6 is 0 Å². The van der Waals surface area contributed by atoms with Crippen LogP contribution in [-0.4, -0.2) is 40.0 Å². The van der Waals surface area contributed by atoms with Crippen LogP contribution in [0.4, 0.5) is 0 Å². The zero-order valence-electron chi connectivity index (χ0n) is 22.8. The van der Waals surface area contributed by atoms with Gasteiger partial charge in [0.2, 0.25) is 5.91 Å². The molecule has 0 fully saturated rings. The fourth-order valence-corrected chi connectivity index (χ4v) is 5.33. The van der Waals surface area contributed by atoms with E-state index in [1.807, 2.05) is 91.0 Å². The molecule has 3 aromatic rings. The molecule has 0 heterocycles. The van der Waals surface area contributed by atoms with Crippen molar-refractivity contribution in [3.63, 3.8) is 0 Å². The molecule has 0 aliphatic rings. The summed E-state index contributed by atoms with van der Waals surface area (Å²) in [6, 6.07) is 28.2. The molecular formula is C31H39NO4Si. The smallest absolute Gasteiger partial charge is 0.328 e. The number of nitrogens with one attached hydrogen (secondary N) is 1. The quantitative estimate of drug-likeness (QED) is 0.201. The van der Waals surface area contributed by atoms with Gasteiger partial charge in [0, 0.05) is 13.0 Å². The Balaban J connectivity index is 2.04. The molecule has 3 aromatic carbocycles. The molecule has 196 valence electrons. The van der Waals surface area contributed by atoms with Crippen LogP contribution in [0.2, 0.25) is 18.1 Å². The van der Waals surface area contributed by atoms with E-state index >= 15 is 0 Å². The van der Waals surface area contributed by atoms with Crippen molar-refractivity contribution >= 4 is 20.2 Å². The first-order chi connectivity index (χ1) is 17.5. The van der Waals surface area contributed by atoms with Crippen LogP contribution in [0.3, 0.4) is 0 Å². The predicted octanol–water partition coefficient (Wildman–Crippen LogP) is 6.09. The molecular weight excluding hydrogens is 478 g/mol. The molecule has 5 nitrogen and oxygen atoms in total. The van der Waals surface area contributed by atoms with Crippen molar-refractivity contribution < 1.29 is 18.8 Å². The summed E-state index contributed by atoms with van der Waals surface area (Å²) in [6.45, 7) is 11.2. The monoisotopic (exact) mass is 517 g/mol. The lowest BCUT2D eigenvalue weighted by molar-refractivity contribution is -0.145. The average Bonchev–Trinajstić information content (AvgIpc) is 2.89. The van der Waals surface area contributed by atoms with Crippen LogP contribution in [0.5, 0.6) is 0 Å². The van der Waals surface area contributed by atoms with Gasteiger partial charge in [0.25, 0.3) is 0 Å². The van der Waals surface area contributed by atoms with E-state index in [1.54, 1.807) is 0 Å². The van der Waals surface area contributed by atoms with Crippen LogP contribution in [0, 0.1) is 0 Å². The zero-order valence-corrected chi connectivity index (χ0v) is 23.8. The number of methoxy groups -OCH3 is 1. The van der Waals surface area contributed by atoms with Gasteiger partial charge in [0.05, 0.1) is 7.11 Å². The minimum atomic E-state index is -2.02. The molecule has 0 bridgehead atoms. The maximum atomic E-state index is 14.5. The highest BCUT2D eigenvalue weighted by molar-refractivity contribution is 6.74. The molecule has 1 amide bonds. The van der Waals surface area contributed by atoms with Gasteiger partial charge in [-0.25, -0.2) is 4.79 Å². The number of benzene rings is 3. The van der Waals surface area contributed by atoms with Crippen LogP contribution in [-0.2, 0) is 24.2 Å². The molecule has 37 heavy (non-hydrogen) atoms. The third-order valence-electron chi connectivity index (χ3n) is 7.43. The summed E-state index contributed by atoms with van der Waals surface area (Å²) in [5, 5.41) is 3.09. The van der Waals surface area contributed by atoms with Crippen LogP contribution in [0.15, 0.2) is 91.0 Å². The Morgan fingerprint density at radius 2 is 1.19 bits per heavy atom. The van der Waals surface area contributed by atoms with Gasteiger partial charge in [0.15, 0.2) is 8.32 Å². The van der Waals surface area contributed by atoms with E-state index in [-0.39, 0.29) is 10.9 Å². The van der Waals surface area contributed by atoms with Crippen LogP contribution in [0.25, 0.3) is 0 Å². The van der Waals surface area contributed by atoms with Gasteiger partial charge in [-0.1, -0.05) is 112 Å². The summed E-state index contributed by atoms with van der Waals surface area (Å²) in [5.74, 6) is -0.783. The SMILES string of the molecule is COC(=O)[C@H](CCO[Si](C)(C)C(C)(C)C)NC(=O)C(c1ccccc1)(c1ccccc1)c1ccccc1. The fourth-order valence-electron chi connectivity index (χ4n) is 4.26. The first-order valence-corrected chi connectivity index (χ1v) is 15.6. The molecule has 0 unspecified atom stereocenters. The Morgan fingerprint density at radius 3 is 1.54 bits per heavy atom. The maximum absolute atomic E-state index is 14.5. The molecule has 1 N–H and O–H groups in total. The lowest BCUT2D eigenvalue weighted by Gasteiger charge is -2.37. The molecule has 0 aromatic heterocycles. The van der Waals surface area contributed by atoms with Crippen LogP contribution in [0.1, 0.15) is 43.9 Å². The highest BCUT2D eigenvalue weighted by Gasteiger charge is 2.45. The van der Waals surface area contributed by atoms with E-state index in [0.29, 0.717) is 13.0 Å². The molecule has 0 aliphatic heterocycles. The van der Waals surface area contributed by atoms with Crippen LogP contribution < -0.4 is 5.32 Å². The van der Waals surface area contributed by atoms with E-state index < -0.39 is 25.7 Å². The van der Waals surface area contributed by atoms with Gasteiger partial charge in [0.1, 0.15) is 11.5 Å². The topological polar surface area (TPSA) is 64.6 Å². The Bertz CT molecular complexity index is 1060. The van der Waals surface area contributed by atoms with E-state index in [2.05, 4.69) is 39.2 Å². The van der Waals surface area contributed by atoms with E-state index in [4.69, 9.17) is 9.16 Å². The third-order valence-corrected chi connectivity index (χ3v) is 12.0. The molecule has 3 rings (SSSR count). The minimum absolute atomic E-state index is 0.0418. The van der Waals surface area contributed by atoms with Crippen molar-refractivity contribution in [1.82, 2.24) is 5.32 Å². The van der Waals surface area contributed by atoms with Crippen molar-refractivity contribution in [2.24, 2.45) is 0 Å². The van der Waals surface area contributed by atoms with Gasteiger partial charge >= 0.3 is 5.97 Å². The highest BCUT2D eigenvalue weighted by atomic mass is 28.4. The molecule has 6 heteroatoms. The molecule has 0 radical (unpaired) electrons. The average molecular weight is 518 g/mol. The predicted molar refractivity (Wildman–Crippen MR) is 151 cm³/mol. The number of hydrogen-bond acceptors (Lipinski definition) is 4. The first-order valence-electron chi connectivity index (χ1n) is 12.7. The Morgan fingerprint density at radius 1 is 0.784 bits per heavy atom. The van der Waals surface area contributed by atoms with Gasteiger partial charge in [-0.05, 0) is 34.8 Å². The number of esters is 1. The second-order valence-corrected chi connectivity index (χ2v) is 15.6. The van der Waals surface area contributed by atoms with Gasteiger partial charge in [-0.2, -0.15) is 0 Å². The standard InChI is InChI=1S/C31H39NO4Si/c1-30(2,3)37(5,6)36-23-22-27(28(33)35-4)32-29(34)31(24-16-10-7-11-17-24,25-18-12-8-13-19-25)26-20-14-9-15-21-26/h7-21,27H,22-23H2,1-6H3,(H,32,34)/t27-/m0/s1. The second kappa shape index (κ2) is 11.9. The van der Waals surface area contributed by atoms with Crippen molar-refractivity contribution in [2.75, 3.05) is 13.7 Å². The van der Waals surface area contributed by atoms with Gasteiger partial charge in [-0.15, -0.1) is 0 Å². The lowest BCUT2D eigenvalue weighted by Crippen LogP contribution is -2.52. The number of amides is 1. The third kappa shape index (κ3) is 6.20. The summed E-state index contributed by atoms with van der Waals surface area (Å²) in [4.78, 5) is 27.3. The van der Waals surface area contributed by atoms with Gasteiger partial charge < -0.3 is 14.5 Å². The highest BCUT2D eigenvalue weighted by Crippen LogP contribution is 2.40. The van der Waals surface area contributed by atoms with E-state index in [0.717, 1.165) is 16.7 Å². The van der Waals surface area contributed by atoms with E-state index in [9.17, 15) is 9.59 Å². The Labute approximate surface area is 222 Å². The first kappa shape index (κ1) is 28.3. The summed E-state index contributed by atoms with van der Waals surface area (Å²) >= 11 is 0. The van der Waals surface area contributed by atoms with Crippen molar-refractivity contribution in [3.8, 4) is 0 Å². The molecule has 0 saturated carbocycles. The normalized spacial score (nSPS) is 13.0. The molecule has 0 spiro atoms. The fraction of sp³-hybridized carbons (Fsp3) is 0.355. The minimum Gasteiger partial charge on any atom is -0.467 e. The Hall–Kier alpha value is -3.22. The summed E-state index contributed by atoms with van der Waals surface area (Å²) < 4.78 is 11.4. The van der Waals surface area contributed by atoms with E-state index in [1.165, 1.54) is 7.11 Å². The summed E-state index contributed by atoms with van der Waals surface area (Å²) in [5.41, 5.74) is 1.26. The number of ether oxygens (including phenoxy) is 1.